The van der Waals surface area contributed by atoms with Crippen molar-refractivity contribution in [3.63, 3.8) is 0 Å². The van der Waals surface area contributed by atoms with Crippen molar-refractivity contribution < 1.29 is 9.59 Å². The summed E-state index contributed by atoms with van der Waals surface area (Å²) >= 11 is 0. The minimum atomic E-state index is 0.137. The first-order valence-corrected chi connectivity index (χ1v) is 9.53. The zero-order valence-electron chi connectivity index (χ0n) is 18.1. The quantitative estimate of drug-likeness (QED) is 0.425. The van der Waals surface area contributed by atoms with E-state index < -0.39 is 0 Å². The van der Waals surface area contributed by atoms with E-state index in [1.807, 2.05) is 0 Å². The number of carbonyl (C=O) groups is 2. The fourth-order valence-corrected chi connectivity index (χ4v) is 2.96. The molecular weight excluding hydrogens is 296 g/mol. The van der Waals surface area contributed by atoms with Crippen LogP contribution >= 0.6 is 0 Å². The SMILES string of the molecule is CC(=O)CCC(C)(C)C(C)(C)CCC(C)(C)C(C)(C)CCC(C)=O. The first-order chi connectivity index (χ1) is 10.5. The predicted octanol–water partition coefficient (Wildman–Crippen LogP) is 6.61. The first-order valence-electron chi connectivity index (χ1n) is 9.53. The highest BCUT2D eigenvalue weighted by Gasteiger charge is 2.41. The standard InChI is InChI=1S/C22H42O2/c1-17(23)11-13-19(3,4)21(7,8)15-16-22(9,10)20(5,6)14-12-18(2)24/h11-16H2,1-10H3. The zero-order chi connectivity index (χ0) is 19.4. The summed E-state index contributed by atoms with van der Waals surface area (Å²) in [5.41, 5.74) is 0.628. The summed E-state index contributed by atoms with van der Waals surface area (Å²) in [4.78, 5) is 22.7. The second-order valence-corrected chi connectivity index (χ2v) is 10.4. The molecule has 142 valence electrons. The molecule has 0 N–H and O–H groups in total. The molecular formula is C22H42O2. The largest absolute Gasteiger partial charge is 0.300 e. The van der Waals surface area contributed by atoms with Crippen molar-refractivity contribution >= 4 is 11.6 Å². The molecule has 0 spiro atoms. The predicted molar refractivity (Wildman–Crippen MR) is 104 cm³/mol. The molecule has 0 unspecified atom stereocenters. The van der Waals surface area contributed by atoms with Gasteiger partial charge in [0, 0.05) is 12.8 Å². The molecule has 0 aliphatic carbocycles. The van der Waals surface area contributed by atoms with Gasteiger partial charge < -0.3 is 9.59 Å². The summed E-state index contributed by atoms with van der Waals surface area (Å²) in [5.74, 6) is 0.564. The van der Waals surface area contributed by atoms with Crippen LogP contribution in [-0.2, 0) is 9.59 Å². The van der Waals surface area contributed by atoms with Gasteiger partial charge in [0.25, 0.3) is 0 Å². The van der Waals surface area contributed by atoms with Gasteiger partial charge in [0.15, 0.2) is 0 Å². The van der Waals surface area contributed by atoms with Crippen LogP contribution in [0.2, 0.25) is 0 Å². The molecule has 0 rings (SSSR count). The van der Waals surface area contributed by atoms with Crippen molar-refractivity contribution in [3.8, 4) is 0 Å². The van der Waals surface area contributed by atoms with E-state index in [4.69, 9.17) is 0 Å². The van der Waals surface area contributed by atoms with Crippen LogP contribution in [0, 0.1) is 21.7 Å². The minimum absolute atomic E-state index is 0.137. The van der Waals surface area contributed by atoms with Crippen LogP contribution in [0.3, 0.4) is 0 Å². The average molecular weight is 339 g/mol. The lowest BCUT2D eigenvalue weighted by molar-refractivity contribution is -0.119. The van der Waals surface area contributed by atoms with E-state index in [9.17, 15) is 9.59 Å². The van der Waals surface area contributed by atoms with Crippen LogP contribution in [0.15, 0.2) is 0 Å². The van der Waals surface area contributed by atoms with Gasteiger partial charge in [-0.1, -0.05) is 55.4 Å². The maximum Gasteiger partial charge on any atom is 0.129 e. The van der Waals surface area contributed by atoms with E-state index in [0.717, 1.165) is 25.7 Å². The summed E-state index contributed by atoms with van der Waals surface area (Å²) in [6.45, 7) is 21.9. The normalized spacial score (nSPS) is 13.9. The van der Waals surface area contributed by atoms with Crippen molar-refractivity contribution in [2.24, 2.45) is 21.7 Å². The number of carbonyl (C=O) groups excluding carboxylic acids is 2. The van der Waals surface area contributed by atoms with Crippen molar-refractivity contribution in [3.05, 3.63) is 0 Å². The van der Waals surface area contributed by atoms with Crippen LogP contribution < -0.4 is 0 Å². The number of ketones is 2. The Hall–Kier alpha value is -0.660. The minimum Gasteiger partial charge on any atom is -0.300 e. The van der Waals surface area contributed by atoms with Gasteiger partial charge >= 0.3 is 0 Å². The van der Waals surface area contributed by atoms with E-state index in [0.29, 0.717) is 12.8 Å². The molecule has 0 saturated heterocycles. The lowest BCUT2D eigenvalue weighted by Crippen LogP contribution is -2.38. The Morgan fingerprint density at radius 3 is 0.917 bits per heavy atom. The number of Topliss-reactive ketones (excluding diaryl/α,β-unsaturated/α-hetero) is 2. The summed E-state index contributed by atoms with van der Waals surface area (Å²) < 4.78 is 0. The molecule has 0 aromatic heterocycles. The first kappa shape index (κ1) is 23.3. The highest BCUT2D eigenvalue weighted by molar-refractivity contribution is 5.75. The summed E-state index contributed by atoms with van der Waals surface area (Å²) in [6.07, 6.45) is 5.50. The molecule has 2 nitrogen and oxygen atoms in total. The maximum atomic E-state index is 11.4. The molecule has 0 saturated carbocycles. The highest BCUT2D eigenvalue weighted by atomic mass is 16.1. The Morgan fingerprint density at radius 1 is 0.500 bits per heavy atom. The molecule has 0 atom stereocenters. The number of rotatable bonds is 11. The molecule has 24 heavy (non-hydrogen) atoms. The van der Waals surface area contributed by atoms with Crippen molar-refractivity contribution in [2.75, 3.05) is 0 Å². The van der Waals surface area contributed by atoms with Crippen LogP contribution in [0.5, 0.6) is 0 Å². The second-order valence-electron chi connectivity index (χ2n) is 10.4. The van der Waals surface area contributed by atoms with Gasteiger partial charge in [0.2, 0.25) is 0 Å². The Labute approximate surface area is 151 Å². The molecule has 2 heteroatoms. The van der Waals surface area contributed by atoms with Crippen LogP contribution in [0.4, 0.5) is 0 Å². The molecule has 0 amide bonds. The van der Waals surface area contributed by atoms with Gasteiger partial charge in [-0.25, -0.2) is 0 Å². The number of hydrogen-bond donors (Lipinski definition) is 0. The third kappa shape index (κ3) is 6.69. The zero-order valence-corrected chi connectivity index (χ0v) is 18.1. The number of hydrogen-bond acceptors (Lipinski definition) is 2. The third-order valence-corrected chi connectivity index (χ3v) is 7.24. The molecule has 0 heterocycles. The Kier molecular flexibility index (Phi) is 7.92. The smallest absolute Gasteiger partial charge is 0.129 e. The summed E-state index contributed by atoms with van der Waals surface area (Å²) in [5, 5.41) is 0. The molecule has 0 fully saturated rings. The second kappa shape index (κ2) is 8.15. The van der Waals surface area contributed by atoms with Crippen molar-refractivity contribution in [1.29, 1.82) is 0 Å². The van der Waals surface area contributed by atoms with E-state index in [1.165, 1.54) is 0 Å². The van der Waals surface area contributed by atoms with Gasteiger partial charge in [0.05, 0.1) is 0 Å². The fraction of sp³-hybridized carbons (Fsp3) is 0.909. The van der Waals surface area contributed by atoms with Gasteiger partial charge in [0.1, 0.15) is 11.6 Å². The molecule has 0 radical (unpaired) electrons. The van der Waals surface area contributed by atoms with Gasteiger partial charge in [-0.15, -0.1) is 0 Å². The highest BCUT2D eigenvalue weighted by Crippen LogP contribution is 2.51. The Bertz CT molecular complexity index is 397. The lowest BCUT2D eigenvalue weighted by atomic mass is 9.58. The molecule has 0 aliphatic heterocycles. The van der Waals surface area contributed by atoms with Crippen LogP contribution in [0.25, 0.3) is 0 Å². The molecule has 0 aromatic carbocycles. The summed E-state index contributed by atoms with van der Waals surface area (Å²) in [7, 11) is 0. The Morgan fingerprint density at radius 2 is 0.708 bits per heavy atom. The fourth-order valence-electron chi connectivity index (χ4n) is 2.96. The topological polar surface area (TPSA) is 34.1 Å². The average Bonchev–Trinajstić information content (AvgIpc) is 2.41. The van der Waals surface area contributed by atoms with E-state index in [2.05, 4.69) is 55.4 Å². The van der Waals surface area contributed by atoms with Crippen LogP contribution in [-0.4, -0.2) is 11.6 Å². The maximum absolute atomic E-state index is 11.4. The molecule has 0 bridgehead atoms. The molecule has 0 aromatic rings. The van der Waals surface area contributed by atoms with Gasteiger partial charge in [-0.2, -0.15) is 0 Å². The van der Waals surface area contributed by atoms with Crippen molar-refractivity contribution in [1.82, 2.24) is 0 Å². The monoisotopic (exact) mass is 338 g/mol. The third-order valence-electron chi connectivity index (χ3n) is 7.24. The van der Waals surface area contributed by atoms with Gasteiger partial charge in [-0.05, 0) is 61.2 Å². The molecule has 0 aliphatic rings. The lowest BCUT2D eigenvalue weighted by Gasteiger charge is -2.47. The Balaban J connectivity index is 4.93. The van der Waals surface area contributed by atoms with E-state index >= 15 is 0 Å². The van der Waals surface area contributed by atoms with E-state index in [1.54, 1.807) is 13.8 Å². The van der Waals surface area contributed by atoms with E-state index in [-0.39, 0.29) is 33.2 Å². The van der Waals surface area contributed by atoms with Crippen molar-refractivity contribution in [2.45, 2.75) is 108 Å². The summed E-state index contributed by atoms with van der Waals surface area (Å²) in [6, 6.07) is 0. The van der Waals surface area contributed by atoms with Gasteiger partial charge in [-0.3, -0.25) is 0 Å². The van der Waals surface area contributed by atoms with Crippen LogP contribution in [0.1, 0.15) is 108 Å².